The second-order valence-electron chi connectivity index (χ2n) is 10.4. The van der Waals surface area contributed by atoms with Crippen molar-refractivity contribution in [1.29, 1.82) is 0 Å². The van der Waals surface area contributed by atoms with Crippen molar-refractivity contribution in [2.75, 3.05) is 19.6 Å². The molecule has 158 valence electrons. The van der Waals surface area contributed by atoms with Crippen LogP contribution in [0.15, 0.2) is 24.3 Å². The highest BCUT2D eigenvalue weighted by Gasteiger charge is 2.30. The van der Waals surface area contributed by atoms with Crippen LogP contribution in [0.2, 0.25) is 0 Å². The van der Waals surface area contributed by atoms with Gasteiger partial charge in [0.2, 0.25) is 0 Å². The van der Waals surface area contributed by atoms with Crippen LogP contribution in [-0.4, -0.2) is 51.2 Å². The minimum atomic E-state index is -0.0504. The first-order valence-electron chi connectivity index (χ1n) is 10.9. The van der Waals surface area contributed by atoms with Crippen molar-refractivity contribution in [1.82, 2.24) is 25.4 Å². The van der Waals surface area contributed by atoms with Gasteiger partial charge in [0.1, 0.15) is 5.69 Å². The Morgan fingerprint density at radius 3 is 2.80 bits per heavy atom. The third-order valence-corrected chi connectivity index (χ3v) is 6.64. The summed E-state index contributed by atoms with van der Waals surface area (Å²) in [5.41, 5.74) is 6.63. The Morgan fingerprint density at radius 2 is 2.00 bits per heavy atom. The zero-order valence-electron chi connectivity index (χ0n) is 18.4. The molecule has 2 aliphatic rings. The van der Waals surface area contributed by atoms with Gasteiger partial charge in [-0.1, -0.05) is 19.9 Å². The lowest BCUT2D eigenvalue weighted by Crippen LogP contribution is -2.58. The van der Waals surface area contributed by atoms with E-state index in [-0.39, 0.29) is 11.4 Å². The molecule has 2 aromatic heterocycles. The van der Waals surface area contributed by atoms with Gasteiger partial charge in [-0.25, -0.2) is 0 Å². The van der Waals surface area contributed by atoms with Gasteiger partial charge >= 0.3 is 0 Å². The largest absolute Gasteiger partial charge is 0.353 e. The van der Waals surface area contributed by atoms with Crippen molar-refractivity contribution >= 4 is 16.8 Å². The van der Waals surface area contributed by atoms with Gasteiger partial charge in [0, 0.05) is 52.9 Å². The number of hydrogen-bond donors (Lipinski definition) is 3. The smallest absolute Gasteiger partial charge is 0.254 e. The molecule has 3 aromatic rings. The van der Waals surface area contributed by atoms with Crippen LogP contribution in [0.3, 0.4) is 0 Å². The average molecular weight is 406 g/mol. The summed E-state index contributed by atoms with van der Waals surface area (Å²) in [6.07, 6.45) is 3.26. The predicted octanol–water partition coefficient (Wildman–Crippen LogP) is 3.90. The standard InChI is InChI=1S/C24H31N5O/c1-23(2)8-7-17-20(13-23)27-28-21(17)19-11-15-5-6-16(12-18(15)26-19)22(30)29-10-9-25-24(3,4)14-29/h5-6,11-12,25-26H,7-10,13-14H2,1-4H3,(H,27,28). The van der Waals surface area contributed by atoms with Crippen molar-refractivity contribution in [3.63, 3.8) is 0 Å². The number of nitrogens with zero attached hydrogens (tertiary/aromatic N) is 2. The van der Waals surface area contributed by atoms with E-state index in [9.17, 15) is 4.79 Å². The van der Waals surface area contributed by atoms with E-state index in [1.165, 1.54) is 17.7 Å². The number of benzene rings is 1. The number of fused-ring (bicyclic) bond motifs is 2. The third kappa shape index (κ3) is 3.43. The fourth-order valence-corrected chi connectivity index (χ4v) is 4.95. The molecule has 1 fully saturated rings. The molecule has 6 nitrogen and oxygen atoms in total. The average Bonchev–Trinajstić information content (AvgIpc) is 3.28. The summed E-state index contributed by atoms with van der Waals surface area (Å²) in [7, 11) is 0. The number of carbonyl (C=O) groups excluding carboxylic acids is 1. The molecule has 1 amide bonds. The van der Waals surface area contributed by atoms with E-state index in [1.807, 2.05) is 23.1 Å². The van der Waals surface area contributed by atoms with Crippen LogP contribution in [0.5, 0.6) is 0 Å². The molecule has 0 unspecified atom stereocenters. The van der Waals surface area contributed by atoms with Gasteiger partial charge in [0.25, 0.3) is 5.91 Å². The molecule has 1 aliphatic carbocycles. The maximum Gasteiger partial charge on any atom is 0.254 e. The van der Waals surface area contributed by atoms with E-state index in [4.69, 9.17) is 0 Å². The van der Waals surface area contributed by atoms with Gasteiger partial charge in [-0.3, -0.25) is 9.89 Å². The van der Waals surface area contributed by atoms with Crippen LogP contribution in [-0.2, 0) is 12.8 Å². The van der Waals surface area contributed by atoms with Crippen LogP contribution in [0.1, 0.15) is 55.7 Å². The highest BCUT2D eigenvalue weighted by molar-refractivity contribution is 5.99. The number of hydrogen-bond acceptors (Lipinski definition) is 3. The molecule has 1 saturated heterocycles. The fraction of sp³-hybridized carbons (Fsp3) is 0.500. The van der Waals surface area contributed by atoms with Crippen molar-refractivity contribution < 1.29 is 4.79 Å². The lowest BCUT2D eigenvalue weighted by Gasteiger charge is -2.39. The number of nitrogens with one attached hydrogen (secondary N) is 3. The maximum atomic E-state index is 13.1. The van der Waals surface area contributed by atoms with Crippen molar-refractivity contribution in [2.45, 2.75) is 52.5 Å². The number of aromatic amines is 2. The summed E-state index contributed by atoms with van der Waals surface area (Å²) in [6, 6.07) is 8.12. The fourth-order valence-electron chi connectivity index (χ4n) is 4.95. The van der Waals surface area contributed by atoms with E-state index < -0.39 is 0 Å². The Kier molecular flexibility index (Phi) is 4.33. The first-order chi connectivity index (χ1) is 14.2. The van der Waals surface area contributed by atoms with Crippen molar-refractivity contribution in [3.8, 4) is 11.4 Å². The van der Waals surface area contributed by atoms with Gasteiger partial charge in [0.05, 0.1) is 5.69 Å². The molecule has 0 saturated carbocycles. The van der Waals surface area contributed by atoms with E-state index in [2.05, 4.69) is 54.3 Å². The van der Waals surface area contributed by atoms with Crippen LogP contribution < -0.4 is 5.32 Å². The van der Waals surface area contributed by atoms with Gasteiger partial charge < -0.3 is 15.2 Å². The number of H-pyrrole nitrogens is 2. The van der Waals surface area contributed by atoms with E-state index in [0.717, 1.165) is 60.3 Å². The number of piperazine rings is 1. The Bertz CT molecular complexity index is 1120. The molecule has 0 atom stereocenters. The molecule has 30 heavy (non-hydrogen) atoms. The van der Waals surface area contributed by atoms with Crippen molar-refractivity contribution in [2.24, 2.45) is 5.41 Å². The predicted molar refractivity (Wildman–Crippen MR) is 120 cm³/mol. The summed E-state index contributed by atoms with van der Waals surface area (Å²) in [5.74, 6) is 0.0991. The highest BCUT2D eigenvalue weighted by atomic mass is 16.2. The quantitative estimate of drug-likeness (QED) is 0.605. The molecular weight excluding hydrogens is 374 g/mol. The zero-order valence-corrected chi connectivity index (χ0v) is 18.4. The molecule has 0 spiro atoms. The second kappa shape index (κ2) is 6.71. The summed E-state index contributed by atoms with van der Waals surface area (Å²) < 4.78 is 0. The van der Waals surface area contributed by atoms with Gasteiger partial charge in [0.15, 0.2) is 0 Å². The van der Waals surface area contributed by atoms with Gasteiger partial charge in [-0.2, -0.15) is 5.10 Å². The van der Waals surface area contributed by atoms with E-state index in [0.29, 0.717) is 5.41 Å². The van der Waals surface area contributed by atoms with Crippen LogP contribution in [0.4, 0.5) is 0 Å². The van der Waals surface area contributed by atoms with Crippen LogP contribution in [0, 0.1) is 5.41 Å². The molecule has 1 aromatic carbocycles. The second-order valence-corrected chi connectivity index (χ2v) is 10.4. The Hall–Kier alpha value is -2.60. The summed E-state index contributed by atoms with van der Waals surface area (Å²) in [6.45, 7) is 11.2. The summed E-state index contributed by atoms with van der Waals surface area (Å²) in [5, 5.41) is 12.5. The number of amides is 1. The van der Waals surface area contributed by atoms with E-state index >= 15 is 0 Å². The van der Waals surface area contributed by atoms with E-state index in [1.54, 1.807) is 0 Å². The molecule has 3 N–H and O–H groups in total. The normalized spacial score (nSPS) is 20.3. The molecule has 1 aliphatic heterocycles. The molecule has 3 heterocycles. The monoisotopic (exact) mass is 405 g/mol. The lowest BCUT2D eigenvalue weighted by atomic mass is 9.76. The topological polar surface area (TPSA) is 76.8 Å². The molecule has 6 heteroatoms. The molecule has 0 bridgehead atoms. The van der Waals surface area contributed by atoms with Crippen molar-refractivity contribution in [3.05, 3.63) is 41.1 Å². The lowest BCUT2D eigenvalue weighted by molar-refractivity contribution is 0.0652. The SMILES string of the molecule is CC1(C)CCc2c(-c3cc4ccc(C(=O)N5CCNC(C)(C)C5)cc4[nH]3)n[nH]c2C1. The Balaban J connectivity index is 1.44. The summed E-state index contributed by atoms with van der Waals surface area (Å²) >= 11 is 0. The third-order valence-electron chi connectivity index (χ3n) is 6.64. The Labute approximate surface area is 177 Å². The van der Waals surface area contributed by atoms with Gasteiger partial charge in [-0.05, 0) is 56.7 Å². The maximum absolute atomic E-state index is 13.1. The van der Waals surface area contributed by atoms with Crippen LogP contribution >= 0.6 is 0 Å². The molecular formula is C24H31N5O. The number of aromatic nitrogens is 3. The highest BCUT2D eigenvalue weighted by Crippen LogP contribution is 2.38. The minimum absolute atomic E-state index is 0.0504. The molecule has 0 radical (unpaired) electrons. The van der Waals surface area contributed by atoms with Gasteiger partial charge in [-0.15, -0.1) is 0 Å². The Morgan fingerprint density at radius 1 is 1.17 bits per heavy atom. The first-order valence-corrected chi connectivity index (χ1v) is 10.9. The minimum Gasteiger partial charge on any atom is -0.353 e. The number of rotatable bonds is 2. The number of carbonyl (C=O) groups is 1. The zero-order chi connectivity index (χ0) is 21.1. The first kappa shape index (κ1) is 19.4. The summed E-state index contributed by atoms with van der Waals surface area (Å²) in [4.78, 5) is 18.6. The van der Waals surface area contributed by atoms with Crippen LogP contribution in [0.25, 0.3) is 22.3 Å². The molecule has 5 rings (SSSR count).